The van der Waals surface area contributed by atoms with E-state index in [0.29, 0.717) is 17.1 Å². The van der Waals surface area contributed by atoms with E-state index >= 15 is 0 Å². The second-order valence-corrected chi connectivity index (χ2v) is 3.79. The highest BCUT2D eigenvalue weighted by atomic mass is 35.5. The number of benzene rings is 1. The predicted octanol–water partition coefficient (Wildman–Crippen LogP) is 3.56. The summed E-state index contributed by atoms with van der Waals surface area (Å²) >= 11 is 5.89. The number of aryl methyl sites for hydroxylation is 1. The highest BCUT2D eigenvalue weighted by Crippen LogP contribution is 2.25. The van der Waals surface area contributed by atoms with Crippen LogP contribution >= 0.6 is 11.6 Å². The first kappa shape index (κ1) is 12.4. The molecule has 1 aromatic rings. The Morgan fingerprint density at radius 1 is 1.40 bits per heavy atom. The van der Waals surface area contributed by atoms with Crippen LogP contribution in [-0.4, -0.2) is 13.0 Å². The van der Waals surface area contributed by atoms with Crippen molar-refractivity contribution in [3.63, 3.8) is 0 Å². The highest BCUT2D eigenvalue weighted by molar-refractivity contribution is 6.31. The standard InChI is InChI=1S/C11H14ClF2N/c1-3-15-10(11(13)14)8-5-4-7(2)9(12)6-8/h4-6,10-11,15H,3H2,1-2H3. The van der Waals surface area contributed by atoms with E-state index in [1.54, 1.807) is 25.1 Å². The van der Waals surface area contributed by atoms with E-state index in [4.69, 9.17) is 11.6 Å². The summed E-state index contributed by atoms with van der Waals surface area (Å²) in [5, 5.41) is 3.26. The smallest absolute Gasteiger partial charge is 0.257 e. The first-order chi connectivity index (χ1) is 7.06. The second kappa shape index (κ2) is 5.42. The van der Waals surface area contributed by atoms with E-state index in [1.807, 2.05) is 6.92 Å². The Hall–Kier alpha value is -0.670. The predicted molar refractivity (Wildman–Crippen MR) is 58.6 cm³/mol. The van der Waals surface area contributed by atoms with Crippen LogP contribution in [0.3, 0.4) is 0 Å². The zero-order valence-electron chi connectivity index (χ0n) is 8.73. The molecule has 1 unspecified atom stereocenters. The van der Waals surface area contributed by atoms with Crippen molar-refractivity contribution < 1.29 is 8.78 Å². The summed E-state index contributed by atoms with van der Waals surface area (Å²) in [6.45, 7) is 4.14. The average molecular weight is 234 g/mol. The molecule has 0 fully saturated rings. The van der Waals surface area contributed by atoms with Gasteiger partial charge in [0.1, 0.15) is 0 Å². The zero-order valence-corrected chi connectivity index (χ0v) is 9.48. The lowest BCUT2D eigenvalue weighted by molar-refractivity contribution is 0.0993. The lowest BCUT2D eigenvalue weighted by atomic mass is 10.1. The normalized spacial score (nSPS) is 13.2. The fourth-order valence-corrected chi connectivity index (χ4v) is 1.56. The monoisotopic (exact) mass is 233 g/mol. The van der Waals surface area contributed by atoms with Crippen molar-refractivity contribution >= 4 is 11.6 Å². The van der Waals surface area contributed by atoms with Crippen molar-refractivity contribution in [1.29, 1.82) is 0 Å². The maximum Gasteiger partial charge on any atom is 0.257 e. The third kappa shape index (κ3) is 3.14. The van der Waals surface area contributed by atoms with Crippen LogP contribution in [0.25, 0.3) is 0 Å². The van der Waals surface area contributed by atoms with E-state index in [0.717, 1.165) is 5.56 Å². The Balaban J connectivity index is 2.95. The van der Waals surface area contributed by atoms with Gasteiger partial charge in [-0.3, -0.25) is 0 Å². The Labute approximate surface area is 93.4 Å². The number of alkyl halides is 2. The molecule has 0 saturated heterocycles. The molecule has 0 amide bonds. The fourth-order valence-electron chi connectivity index (χ4n) is 1.37. The van der Waals surface area contributed by atoms with Gasteiger partial charge in [-0.1, -0.05) is 30.7 Å². The van der Waals surface area contributed by atoms with Crippen molar-refractivity contribution in [1.82, 2.24) is 5.32 Å². The van der Waals surface area contributed by atoms with Crippen LogP contribution in [0, 0.1) is 6.92 Å². The highest BCUT2D eigenvalue weighted by Gasteiger charge is 2.21. The van der Waals surface area contributed by atoms with Gasteiger partial charge in [-0.25, -0.2) is 8.78 Å². The van der Waals surface area contributed by atoms with Crippen molar-refractivity contribution in [2.75, 3.05) is 6.54 Å². The minimum atomic E-state index is -2.43. The molecule has 0 aliphatic rings. The lowest BCUT2D eigenvalue weighted by Crippen LogP contribution is -2.27. The molecule has 0 saturated carbocycles. The van der Waals surface area contributed by atoms with Crippen LogP contribution < -0.4 is 5.32 Å². The third-order valence-electron chi connectivity index (χ3n) is 2.23. The number of hydrogen-bond acceptors (Lipinski definition) is 1. The number of rotatable bonds is 4. The molecule has 0 aromatic heterocycles. The molecule has 0 heterocycles. The largest absolute Gasteiger partial charge is 0.306 e. The van der Waals surface area contributed by atoms with Gasteiger partial charge in [0.05, 0.1) is 6.04 Å². The molecule has 1 rings (SSSR count). The number of hydrogen-bond donors (Lipinski definition) is 1. The van der Waals surface area contributed by atoms with Crippen molar-refractivity contribution in [2.24, 2.45) is 0 Å². The van der Waals surface area contributed by atoms with Gasteiger partial charge < -0.3 is 5.32 Å². The van der Waals surface area contributed by atoms with Crippen LogP contribution in [-0.2, 0) is 0 Å². The van der Waals surface area contributed by atoms with E-state index < -0.39 is 12.5 Å². The van der Waals surface area contributed by atoms with Gasteiger partial charge in [0.15, 0.2) is 0 Å². The lowest BCUT2D eigenvalue weighted by Gasteiger charge is -2.17. The van der Waals surface area contributed by atoms with Crippen LogP contribution in [0.2, 0.25) is 5.02 Å². The average Bonchev–Trinajstić information content (AvgIpc) is 2.18. The molecule has 0 aliphatic heterocycles. The molecule has 15 heavy (non-hydrogen) atoms. The van der Waals surface area contributed by atoms with Crippen LogP contribution in [0.15, 0.2) is 18.2 Å². The molecule has 1 atom stereocenters. The molecule has 1 aromatic carbocycles. The Bertz CT molecular complexity index is 328. The Morgan fingerprint density at radius 2 is 2.07 bits per heavy atom. The fraction of sp³-hybridized carbons (Fsp3) is 0.455. The van der Waals surface area contributed by atoms with Crippen molar-refractivity contribution in [3.05, 3.63) is 34.3 Å². The quantitative estimate of drug-likeness (QED) is 0.839. The van der Waals surface area contributed by atoms with Crippen molar-refractivity contribution in [2.45, 2.75) is 26.3 Å². The minimum Gasteiger partial charge on any atom is -0.306 e. The zero-order chi connectivity index (χ0) is 11.4. The summed E-state index contributed by atoms with van der Waals surface area (Å²) in [4.78, 5) is 0. The topological polar surface area (TPSA) is 12.0 Å². The van der Waals surface area contributed by atoms with E-state index in [-0.39, 0.29) is 0 Å². The van der Waals surface area contributed by atoms with Gasteiger partial charge >= 0.3 is 0 Å². The van der Waals surface area contributed by atoms with Gasteiger partial charge in [0.2, 0.25) is 0 Å². The van der Waals surface area contributed by atoms with Gasteiger partial charge in [-0.15, -0.1) is 0 Å². The summed E-state index contributed by atoms with van der Waals surface area (Å²) in [6, 6.07) is 4.09. The van der Waals surface area contributed by atoms with Gasteiger partial charge in [0, 0.05) is 5.02 Å². The van der Waals surface area contributed by atoms with Crippen LogP contribution in [0.4, 0.5) is 8.78 Å². The number of halogens is 3. The number of nitrogens with one attached hydrogen (secondary N) is 1. The molecule has 0 aliphatic carbocycles. The van der Waals surface area contributed by atoms with Gasteiger partial charge in [-0.05, 0) is 30.7 Å². The van der Waals surface area contributed by atoms with Gasteiger partial charge in [-0.2, -0.15) is 0 Å². The molecule has 4 heteroatoms. The molecular formula is C11H14ClF2N. The second-order valence-electron chi connectivity index (χ2n) is 3.38. The minimum absolute atomic E-state index is 0.500. The molecule has 1 nitrogen and oxygen atoms in total. The van der Waals surface area contributed by atoms with E-state index in [1.165, 1.54) is 0 Å². The molecule has 0 bridgehead atoms. The van der Waals surface area contributed by atoms with Crippen LogP contribution in [0.5, 0.6) is 0 Å². The summed E-state index contributed by atoms with van der Waals surface area (Å²) in [7, 11) is 0. The molecule has 84 valence electrons. The molecule has 1 N–H and O–H groups in total. The van der Waals surface area contributed by atoms with Gasteiger partial charge in [0.25, 0.3) is 6.43 Å². The SMILES string of the molecule is CCNC(c1ccc(C)c(Cl)c1)C(F)F. The first-order valence-corrected chi connectivity index (χ1v) is 5.21. The third-order valence-corrected chi connectivity index (χ3v) is 2.64. The Morgan fingerprint density at radius 3 is 2.53 bits per heavy atom. The molecular weight excluding hydrogens is 220 g/mol. The summed E-state index contributed by atoms with van der Waals surface area (Å²) in [5.74, 6) is 0. The van der Waals surface area contributed by atoms with Crippen molar-refractivity contribution in [3.8, 4) is 0 Å². The van der Waals surface area contributed by atoms with E-state index in [9.17, 15) is 8.78 Å². The van der Waals surface area contributed by atoms with Crippen LogP contribution in [0.1, 0.15) is 24.1 Å². The Kier molecular flexibility index (Phi) is 4.48. The molecule has 0 radical (unpaired) electrons. The summed E-state index contributed by atoms with van der Waals surface area (Å²) in [6.07, 6.45) is -2.43. The maximum absolute atomic E-state index is 12.7. The van der Waals surface area contributed by atoms with E-state index in [2.05, 4.69) is 5.32 Å². The summed E-state index contributed by atoms with van der Waals surface area (Å²) < 4.78 is 25.4. The maximum atomic E-state index is 12.7. The molecule has 0 spiro atoms. The first-order valence-electron chi connectivity index (χ1n) is 4.83. The summed E-state index contributed by atoms with van der Waals surface area (Å²) in [5.41, 5.74) is 1.42.